The zero-order valence-electron chi connectivity index (χ0n) is 11.8. The van der Waals surface area contributed by atoms with Gasteiger partial charge < -0.3 is 0 Å². The fraction of sp³-hybridized carbons (Fsp3) is 0.0588. The molecule has 23 heavy (non-hydrogen) atoms. The minimum absolute atomic E-state index is 0.0822. The first kappa shape index (κ1) is 15.2. The predicted octanol–water partition coefficient (Wildman–Crippen LogP) is 5.49. The van der Waals surface area contributed by atoms with Crippen LogP contribution in [0, 0.1) is 0 Å². The first-order valence-electron chi connectivity index (χ1n) is 6.94. The van der Waals surface area contributed by atoms with Crippen LogP contribution < -0.4 is 0 Å². The van der Waals surface area contributed by atoms with Crippen molar-refractivity contribution in [3.8, 4) is 22.5 Å². The molecular weight excluding hydrogens is 440 g/mol. The Labute approximate surface area is 154 Å². The van der Waals surface area contributed by atoms with Gasteiger partial charge in [-0.15, -0.1) is 0 Å². The Morgan fingerprint density at radius 1 is 0.913 bits per heavy atom. The number of carbonyl (C=O) groups excluding carboxylic acids is 1. The molecule has 3 nitrogen and oxygen atoms in total. The van der Waals surface area contributed by atoms with Crippen LogP contribution in [0.5, 0.6) is 0 Å². The van der Waals surface area contributed by atoms with Crippen molar-refractivity contribution in [2.75, 3.05) is 5.75 Å². The molecule has 3 aromatic rings. The van der Waals surface area contributed by atoms with Crippen LogP contribution in [0.3, 0.4) is 0 Å². The second kappa shape index (κ2) is 5.92. The van der Waals surface area contributed by atoms with Crippen molar-refractivity contribution in [3.63, 3.8) is 0 Å². The molecule has 1 aromatic heterocycles. The van der Waals surface area contributed by atoms with E-state index < -0.39 is 0 Å². The number of benzene rings is 2. The molecule has 0 fully saturated rings. The fourth-order valence-corrected chi connectivity index (χ4v) is 3.99. The van der Waals surface area contributed by atoms with E-state index in [9.17, 15) is 4.79 Å². The first-order valence-corrected chi connectivity index (χ1v) is 9.51. The Morgan fingerprint density at radius 2 is 1.48 bits per heavy atom. The molecule has 0 amide bonds. The molecule has 4 rings (SSSR count). The van der Waals surface area contributed by atoms with Gasteiger partial charge in [0.05, 0.1) is 17.1 Å². The van der Waals surface area contributed by atoms with Crippen LogP contribution in [0.1, 0.15) is 4.79 Å². The zero-order chi connectivity index (χ0) is 16.0. The maximum absolute atomic E-state index is 12.3. The Balaban J connectivity index is 1.96. The number of fused-ring (bicyclic) bond motifs is 1. The number of rotatable bonds is 2. The van der Waals surface area contributed by atoms with Gasteiger partial charge in [-0.3, -0.25) is 9.36 Å². The molecule has 0 radical (unpaired) electrons. The van der Waals surface area contributed by atoms with E-state index in [0.717, 1.165) is 36.6 Å². The van der Waals surface area contributed by atoms with Crippen LogP contribution in [0.15, 0.2) is 62.6 Å². The summed E-state index contributed by atoms with van der Waals surface area (Å²) in [5.41, 5.74) is 3.70. The number of imidazole rings is 1. The van der Waals surface area contributed by atoms with Gasteiger partial charge in [0.25, 0.3) is 0 Å². The van der Waals surface area contributed by atoms with Crippen molar-refractivity contribution in [2.45, 2.75) is 5.16 Å². The Bertz CT molecular complexity index is 902. The van der Waals surface area contributed by atoms with Gasteiger partial charge in [0.15, 0.2) is 5.16 Å². The lowest BCUT2D eigenvalue weighted by atomic mass is 10.0. The van der Waals surface area contributed by atoms with E-state index in [1.165, 1.54) is 11.8 Å². The molecule has 6 heteroatoms. The van der Waals surface area contributed by atoms with E-state index in [-0.39, 0.29) is 5.91 Å². The van der Waals surface area contributed by atoms with E-state index >= 15 is 0 Å². The van der Waals surface area contributed by atoms with Crippen molar-refractivity contribution >= 4 is 49.5 Å². The Hall–Kier alpha value is -1.37. The molecule has 0 atom stereocenters. The third-order valence-corrected chi connectivity index (χ3v) is 5.64. The van der Waals surface area contributed by atoms with Crippen LogP contribution >= 0.6 is 43.6 Å². The zero-order valence-corrected chi connectivity index (χ0v) is 15.8. The summed E-state index contributed by atoms with van der Waals surface area (Å²) in [4.78, 5) is 17.0. The van der Waals surface area contributed by atoms with Gasteiger partial charge in [-0.2, -0.15) is 0 Å². The smallest absolute Gasteiger partial charge is 0.243 e. The molecule has 2 heterocycles. The van der Waals surface area contributed by atoms with Gasteiger partial charge in [-0.1, -0.05) is 67.9 Å². The highest BCUT2D eigenvalue weighted by Gasteiger charge is 2.29. The highest BCUT2D eigenvalue weighted by atomic mass is 79.9. The highest BCUT2D eigenvalue weighted by molar-refractivity contribution is 9.10. The minimum atomic E-state index is 0.0822. The van der Waals surface area contributed by atoms with Gasteiger partial charge in [0, 0.05) is 20.1 Å². The summed E-state index contributed by atoms with van der Waals surface area (Å²) >= 11 is 8.40. The predicted molar refractivity (Wildman–Crippen MR) is 99.8 cm³/mol. The normalized spacial score (nSPS) is 13.4. The third kappa shape index (κ3) is 2.69. The summed E-state index contributed by atoms with van der Waals surface area (Å²) in [5, 5.41) is 0.769. The van der Waals surface area contributed by atoms with Crippen LogP contribution in [0.25, 0.3) is 22.5 Å². The molecule has 0 N–H and O–H groups in total. The number of hydrogen-bond acceptors (Lipinski definition) is 3. The summed E-state index contributed by atoms with van der Waals surface area (Å²) in [5.74, 6) is 0.533. The summed E-state index contributed by atoms with van der Waals surface area (Å²) in [6, 6.07) is 16.0. The number of nitrogens with zero attached hydrogens (tertiary/aromatic N) is 2. The van der Waals surface area contributed by atoms with Crippen LogP contribution in [-0.2, 0) is 0 Å². The van der Waals surface area contributed by atoms with E-state index in [4.69, 9.17) is 4.98 Å². The molecule has 114 valence electrons. The molecule has 0 unspecified atom stereocenters. The lowest BCUT2D eigenvalue weighted by molar-refractivity contribution is 0.0941. The standard InChI is InChI=1S/C17H10Br2N2OS/c18-12-5-1-10(2-6-12)15-16(11-3-7-13(19)8-4-11)21-14(22)9-23-17(21)20-15/h1-8H,9H2. The number of aromatic nitrogens is 2. The first-order chi connectivity index (χ1) is 11.1. The Morgan fingerprint density at radius 3 is 2.09 bits per heavy atom. The highest BCUT2D eigenvalue weighted by Crippen LogP contribution is 2.39. The number of thioether (sulfide) groups is 1. The van der Waals surface area contributed by atoms with Crippen molar-refractivity contribution in [1.82, 2.24) is 9.55 Å². The van der Waals surface area contributed by atoms with Crippen LogP contribution in [0.4, 0.5) is 0 Å². The van der Waals surface area contributed by atoms with E-state index in [2.05, 4.69) is 31.9 Å². The van der Waals surface area contributed by atoms with Crippen molar-refractivity contribution in [1.29, 1.82) is 0 Å². The van der Waals surface area contributed by atoms with Crippen molar-refractivity contribution < 1.29 is 4.79 Å². The lowest BCUT2D eigenvalue weighted by Crippen LogP contribution is -2.08. The molecular formula is C17H10Br2N2OS. The van der Waals surface area contributed by atoms with Crippen LogP contribution in [0.2, 0.25) is 0 Å². The van der Waals surface area contributed by atoms with Gasteiger partial charge in [-0.05, 0) is 24.3 Å². The van der Waals surface area contributed by atoms with Crippen molar-refractivity contribution in [3.05, 3.63) is 57.5 Å². The van der Waals surface area contributed by atoms with Gasteiger partial charge in [-0.25, -0.2) is 4.98 Å². The summed E-state index contributed by atoms with van der Waals surface area (Å²) in [6.45, 7) is 0. The second-order valence-corrected chi connectivity index (χ2v) is 7.90. The molecule has 1 aliphatic heterocycles. The molecule has 0 aliphatic carbocycles. The maximum atomic E-state index is 12.3. The molecule has 2 aromatic carbocycles. The van der Waals surface area contributed by atoms with Gasteiger partial charge in [0.2, 0.25) is 5.91 Å². The number of carbonyl (C=O) groups is 1. The van der Waals surface area contributed by atoms with E-state index in [0.29, 0.717) is 5.75 Å². The topological polar surface area (TPSA) is 34.9 Å². The fourth-order valence-electron chi connectivity index (χ4n) is 2.60. The number of halogens is 2. The summed E-state index contributed by atoms with van der Waals surface area (Å²) in [6.07, 6.45) is 0. The van der Waals surface area contributed by atoms with Crippen LogP contribution in [-0.4, -0.2) is 21.2 Å². The van der Waals surface area contributed by atoms with E-state index in [1.54, 1.807) is 4.57 Å². The maximum Gasteiger partial charge on any atom is 0.243 e. The third-order valence-electron chi connectivity index (χ3n) is 3.66. The molecule has 0 saturated heterocycles. The van der Waals surface area contributed by atoms with Gasteiger partial charge >= 0.3 is 0 Å². The quantitative estimate of drug-likeness (QED) is 0.518. The largest absolute Gasteiger partial charge is 0.273 e. The molecule has 0 saturated carbocycles. The van der Waals surface area contributed by atoms with E-state index in [1.807, 2.05) is 48.5 Å². The van der Waals surface area contributed by atoms with Gasteiger partial charge in [0.1, 0.15) is 0 Å². The molecule has 0 spiro atoms. The summed E-state index contributed by atoms with van der Waals surface area (Å²) in [7, 11) is 0. The molecule has 1 aliphatic rings. The lowest BCUT2D eigenvalue weighted by Gasteiger charge is -2.08. The number of hydrogen-bond donors (Lipinski definition) is 0. The van der Waals surface area contributed by atoms with Crippen molar-refractivity contribution in [2.24, 2.45) is 0 Å². The average Bonchev–Trinajstić information content (AvgIpc) is 3.09. The SMILES string of the molecule is O=C1CSc2nc(-c3ccc(Br)cc3)c(-c3ccc(Br)cc3)n21. The molecule has 0 bridgehead atoms. The average molecular weight is 450 g/mol. The minimum Gasteiger partial charge on any atom is -0.273 e. The summed E-state index contributed by atoms with van der Waals surface area (Å²) < 4.78 is 3.77. The monoisotopic (exact) mass is 448 g/mol. The second-order valence-electron chi connectivity index (χ2n) is 5.12. The Kier molecular flexibility index (Phi) is 3.91.